The van der Waals surface area contributed by atoms with Crippen molar-refractivity contribution in [2.24, 2.45) is 5.92 Å². The van der Waals surface area contributed by atoms with Crippen LogP contribution in [-0.2, 0) is 10.1 Å². The Bertz CT molecular complexity index is 269. The highest BCUT2D eigenvalue weighted by Crippen LogP contribution is 2.20. The molecule has 1 aliphatic heterocycles. The van der Waals surface area contributed by atoms with E-state index in [2.05, 4.69) is 18.7 Å². The van der Waals surface area contributed by atoms with E-state index in [1.165, 1.54) is 51.7 Å². The lowest BCUT2D eigenvalue weighted by atomic mass is 10.0. The van der Waals surface area contributed by atoms with Gasteiger partial charge in [-0.2, -0.15) is 8.42 Å². The van der Waals surface area contributed by atoms with Crippen molar-refractivity contribution in [3.8, 4) is 0 Å². The van der Waals surface area contributed by atoms with E-state index in [1.807, 2.05) is 0 Å². The highest BCUT2D eigenvalue weighted by Gasteiger charge is 2.20. The zero-order valence-electron chi connectivity index (χ0n) is 11.4. The molecule has 0 spiro atoms. The molecule has 1 saturated heterocycles. The van der Waals surface area contributed by atoms with Crippen molar-refractivity contribution in [3.63, 3.8) is 0 Å². The fourth-order valence-corrected chi connectivity index (χ4v) is 2.14. The lowest BCUT2D eigenvalue weighted by Crippen LogP contribution is -2.21. The van der Waals surface area contributed by atoms with Crippen LogP contribution in [-0.4, -0.2) is 43.8 Å². The molecule has 0 saturated carbocycles. The summed E-state index contributed by atoms with van der Waals surface area (Å²) >= 11 is 0. The maximum Gasteiger partial charge on any atom is 0.261 e. The molecular formula is C12H27NO3S. The van der Waals surface area contributed by atoms with E-state index in [0.29, 0.717) is 6.26 Å². The van der Waals surface area contributed by atoms with E-state index in [4.69, 9.17) is 4.55 Å². The summed E-state index contributed by atoms with van der Waals surface area (Å²) in [4.78, 5) is 2.64. The summed E-state index contributed by atoms with van der Waals surface area (Å²) in [6.07, 6.45) is 7.72. The van der Waals surface area contributed by atoms with E-state index in [0.717, 1.165) is 5.92 Å². The van der Waals surface area contributed by atoms with Gasteiger partial charge in [0.25, 0.3) is 10.1 Å². The zero-order valence-corrected chi connectivity index (χ0v) is 12.2. The maximum atomic E-state index is 9.19. The molecule has 17 heavy (non-hydrogen) atoms. The van der Waals surface area contributed by atoms with Gasteiger partial charge in [0.2, 0.25) is 0 Å². The molecule has 1 aliphatic rings. The third-order valence-corrected chi connectivity index (χ3v) is 2.89. The van der Waals surface area contributed by atoms with Crippen molar-refractivity contribution in [1.82, 2.24) is 4.90 Å². The van der Waals surface area contributed by atoms with E-state index in [9.17, 15) is 8.42 Å². The molecule has 4 nitrogen and oxygen atoms in total. The Morgan fingerprint density at radius 1 is 1.29 bits per heavy atom. The molecule has 0 aromatic heterocycles. The lowest BCUT2D eigenvalue weighted by molar-refractivity contribution is 0.315. The molecule has 0 aromatic rings. The molecule has 5 heteroatoms. The maximum absolute atomic E-state index is 9.19. The first-order chi connectivity index (χ1) is 7.86. The molecular weight excluding hydrogens is 238 g/mol. The minimum absolute atomic E-state index is 0.715. The molecule has 0 aliphatic carbocycles. The van der Waals surface area contributed by atoms with Crippen LogP contribution >= 0.6 is 0 Å². The smallest absolute Gasteiger partial charge is 0.261 e. The Kier molecular flexibility index (Phi) is 8.82. The highest BCUT2D eigenvalue weighted by atomic mass is 32.2. The third kappa shape index (κ3) is 12.1. The first kappa shape index (κ1) is 16.9. The SMILES string of the molecule is CCCCN1CCC(CCC)C1.CS(=O)(=O)O. The summed E-state index contributed by atoms with van der Waals surface area (Å²) in [6.45, 7) is 8.67. The third-order valence-electron chi connectivity index (χ3n) is 2.89. The second kappa shape index (κ2) is 8.89. The predicted molar refractivity (Wildman–Crippen MR) is 71.8 cm³/mol. The number of rotatable bonds is 5. The monoisotopic (exact) mass is 265 g/mol. The summed E-state index contributed by atoms with van der Waals surface area (Å²) in [5.41, 5.74) is 0. The quantitative estimate of drug-likeness (QED) is 0.776. The number of nitrogens with zero attached hydrogens (tertiary/aromatic N) is 1. The summed E-state index contributed by atoms with van der Waals surface area (Å²) in [5.74, 6) is 1.02. The average Bonchev–Trinajstić information content (AvgIpc) is 2.61. The van der Waals surface area contributed by atoms with Crippen LogP contribution in [0.25, 0.3) is 0 Å². The summed E-state index contributed by atoms with van der Waals surface area (Å²) in [5, 5.41) is 0. The summed E-state index contributed by atoms with van der Waals surface area (Å²) in [6, 6.07) is 0. The predicted octanol–water partition coefficient (Wildman–Crippen LogP) is 2.41. The number of unbranched alkanes of at least 4 members (excludes halogenated alkanes) is 1. The minimum Gasteiger partial charge on any atom is -0.303 e. The molecule has 1 fully saturated rings. The van der Waals surface area contributed by atoms with Gasteiger partial charge in [-0.1, -0.05) is 26.7 Å². The van der Waals surface area contributed by atoms with Crippen molar-refractivity contribution >= 4 is 10.1 Å². The molecule has 1 rings (SSSR count). The molecule has 0 amide bonds. The van der Waals surface area contributed by atoms with Gasteiger partial charge in [0.05, 0.1) is 6.26 Å². The molecule has 1 heterocycles. The van der Waals surface area contributed by atoms with Crippen LogP contribution in [0.1, 0.15) is 46.0 Å². The van der Waals surface area contributed by atoms with Crippen molar-refractivity contribution in [2.45, 2.75) is 46.0 Å². The van der Waals surface area contributed by atoms with Gasteiger partial charge in [0.1, 0.15) is 0 Å². The molecule has 1 unspecified atom stereocenters. The number of hydrogen-bond donors (Lipinski definition) is 1. The fourth-order valence-electron chi connectivity index (χ4n) is 2.14. The molecule has 104 valence electrons. The van der Waals surface area contributed by atoms with Crippen LogP contribution in [0, 0.1) is 5.92 Å². The minimum atomic E-state index is -3.67. The van der Waals surface area contributed by atoms with Gasteiger partial charge in [-0.15, -0.1) is 0 Å². The van der Waals surface area contributed by atoms with E-state index >= 15 is 0 Å². The molecule has 0 aromatic carbocycles. The first-order valence-electron chi connectivity index (χ1n) is 6.51. The fraction of sp³-hybridized carbons (Fsp3) is 1.00. The molecule has 0 bridgehead atoms. The van der Waals surface area contributed by atoms with Crippen LogP contribution in [0.15, 0.2) is 0 Å². The van der Waals surface area contributed by atoms with Crippen LogP contribution in [0.4, 0.5) is 0 Å². The van der Waals surface area contributed by atoms with E-state index in [1.54, 1.807) is 0 Å². The zero-order chi connectivity index (χ0) is 13.3. The second-order valence-electron chi connectivity index (χ2n) is 4.83. The van der Waals surface area contributed by atoms with Gasteiger partial charge in [-0.25, -0.2) is 0 Å². The van der Waals surface area contributed by atoms with Gasteiger partial charge in [-0.3, -0.25) is 4.55 Å². The van der Waals surface area contributed by atoms with Crippen LogP contribution < -0.4 is 0 Å². The number of likely N-dealkylation sites (tertiary alicyclic amines) is 1. The van der Waals surface area contributed by atoms with Gasteiger partial charge >= 0.3 is 0 Å². The van der Waals surface area contributed by atoms with E-state index < -0.39 is 10.1 Å². The van der Waals surface area contributed by atoms with Crippen molar-refractivity contribution < 1.29 is 13.0 Å². The van der Waals surface area contributed by atoms with Crippen LogP contribution in [0.5, 0.6) is 0 Å². The van der Waals surface area contributed by atoms with Gasteiger partial charge < -0.3 is 4.90 Å². The first-order valence-corrected chi connectivity index (χ1v) is 8.36. The second-order valence-corrected chi connectivity index (χ2v) is 6.30. The lowest BCUT2D eigenvalue weighted by Gasteiger charge is -2.14. The van der Waals surface area contributed by atoms with Crippen LogP contribution in [0.2, 0.25) is 0 Å². The largest absolute Gasteiger partial charge is 0.303 e. The average molecular weight is 265 g/mol. The molecule has 1 atom stereocenters. The van der Waals surface area contributed by atoms with Gasteiger partial charge in [0, 0.05) is 6.54 Å². The van der Waals surface area contributed by atoms with Crippen molar-refractivity contribution in [1.29, 1.82) is 0 Å². The number of hydrogen-bond acceptors (Lipinski definition) is 3. The topological polar surface area (TPSA) is 57.6 Å². The van der Waals surface area contributed by atoms with Gasteiger partial charge in [0.15, 0.2) is 0 Å². The summed E-state index contributed by atoms with van der Waals surface area (Å²) in [7, 11) is -3.67. The van der Waals surface area contributed by atoms with Crippen molar-refractivity contribution in [2.75, 3.05) is 25.9 Å². The van der Waals surface area contributed by atoms with E-state index in [-0.39, 0.29) is 0 Å². The Labute approximate surface area is 106 Å². The Balaban J connectivity index is 0.000000437. The summed E-state index contributed by atoms with van der Waals surface area (Å²) < 4.78 is 25.9. The van der Waals surface area contributed by atoms with Gasteiger partial charge in [-0.05, 0) is 38.3 Å². The Morgan fingerprint density at radius 3 is 2.35 bits per heavy atom. The van der Waals surface area contributed by atoms with Crippen molar-refractivity contribution in [3.05, 3.63) is 0 Å². The standard InChI is InChI=1S/C11H23N.CH4O3S/c1-3-5-8-12-9-7-11(10-12)6-4-2;1-5(2,3)4/h11H,3-10H2,1-2H3;1H3,(H,2,3,4). The molecule has 1 N–H and O–H groups in total. The normalized spacial score (nSPS) is 21.1. The Hall–Kier alpha value is -0.130. The molecule has 0 radical (unpaired) electrons. The van der Waals surface area contributed by atoms with Crippen LogP contribution in [0.3, 0.4) is 0 Å². The highest BCUT2D eigenvalue weighted by molar-refractivity contribution is 7.85. The Morgan fingerprint density at radius 2 is 1.88 bits per heavy atom.